The Morgan fingerprint density at radius 1 is 1.19 bits per heavy atom. The zero-order valence-electron chi connectivity index (χ0n) is 11.3. The van der Waals surface area contributed by atoms with Gasteiger partial charge < -0.3 is 4.90 Å². The fraction of sp³-hybridized carbons (Fsp3) is 0.500. The number of piperazine rings is 1. The maximum absolute atomic E-state index is 12.4. The predicted octanol–water partition coefficient (Wildman–Crippen LogP) is 3.14. The predicted molar refractivity (Wildman–Crippen MR) is 78.5 cm³/mol. The number of nitriles is 1. The first kappa shape index (κ1) is 16.1. The van der Waals surface area contributed by atoms with Gasteiger partial charge in [-0.25, -0.2) is 0 Å². The molecular formula is C14H15BrF3N3. The van der Waals surface area contributed by atoms with Gasteiger partial charge in [-0.1, -0.05) is 22.0 Å². The summed E-state index contributed by atoms with van der Waals surface area (Å²) in [6, 6.07) is 7.77. The number of alkyl halides is 4. The Bertz CT molecular complexity index is 531. The van der Waals surface area contributed by atoms with Crippen LogP contribution in [0.25, 0.3) is 0 Å². The van der Waals surface area contributed by atoms with Crippen LogP contribution in [0.4, 0.5) is 18.9 Å². The van der Waals surface area contributed by atoms with Crippen LogP contribution in [0.5, 0.6) is 0 Å². The molecular weight excluding hydrogens is 347 g/mol. The minimum absolute atomic E-state index is 0.352. The average Bonchev–Trinajstić information content (AvgIpc) is 2.46. The third-order valence-electron chi connectivity index (χ3n) is 3.45. The van der Waals surface area contributed by atoms with Crippen LogP contribution in [-0.4, -0.2) is 43.8 Å². The number of rotatable bonds is 3. The van der Waals surface area contributed by atoms with Crippen molar-refractivity contribution in [3.05, 3.63) is 29.3 Å². The summed E-state index contributed by atoms with van der Waals surface area (Å²) >= 11 is 3.34. The summed E-state index contributed by atoms with van der Waals surface area (Å²) in [5.74, 6) is 0. The van der Waals surface area contributed by atoms with Crippen molar-refractivity contribution in [3.63, 3.8) is 0 Å². The highest BCUT2D eigenvalue weighted by atomic mass is 79.9. The van der Waals surface area contributed by atoms with Crippen LogP contribution in [0, 0.1) is 11.3 Å². The lowest BCUT2D eigenvalue weighted by Crippen LogP contribution is -2.49. The molecule has 2 rings (SSSR count). The molecule has 7 heteroatoms. The fourth-order valence-corrected chi connectivity index (χ4v) is 2.78. The maximum atomic E-state index is 12.4. The third-order valence-corrected chi connectivity index (χ3v) is 4.10. The van der Waals surface area contributed by atoms with Crippen LogP contribution < -0.4 is 4.90 Å². The van der Waals surface area contributed by atoms with Crippen molar-refractivity contribution in [3.8, 4) is 6.07 Å². The smallest absolute Gasteiger partial charge is 0.368 e. The second-order valence-corrected chi connectivity index (χ2v) is 5.54. The van der Waals surface area contributed by atoms with E-state index >= 15 is 0 Å². The number of anilines is 1. The Kier molecular flexibility index (Phi) is 5.12. The zero-order valence-corrected chi connectivity index (χ0v) is 12.9. The molecule has 0 aromatic heterocycles. The molecule has 114 valence electrons. The summed E-state index contributed by atoms with van der Waals surface area (Å²) < 4.78 is 37.1. The van der Waals surface area contributed by atoms with Gasteiger partial charge in [0.15, 0.2) is 0 Å². The van der Waals surface area contributed by atoms with Crippen LogP contribution >= 0.6 is 15.9 Å². The van der Waals surface area contributed by atoms with Crippen LogP contribution in [0.2, 0.25) is 0 Å². The Balaban J connectivity index is 2.04. The molecule has 0 aliphatic carbocycles. The van der Waals surface area contributed by atoms with Gasteiger partial charge in [0.1, 0.15) is 6.07 Å². The summed E-state index contributed by atoms with van der Waals surface area (Å²) in [6.45, 7) is 0.834. The molecule has 1 fully saturated rings. The fourth-order valence-electron chi connectivity index (χ4n) is 2.43. The quantitative estimate of drug-likeness (QED) is 0.774. The van der Waals surface area contributed by atoms with Gasteiger partial charge in [0.2, 0.25) is 0 Å². The molecule has 21 heavy (non-hydrogen) atoms. The van der Waals surface area contributed by atoms with Crippen molar-refractivity contribution in [2.24, 2.45) is 0 Å². The zero-order chi connectivity index (χ0) is 15.5. The Morgan fingerprint density at radius 3 is 2.38 bits per heavy atom. The van der Waals surface area contributed by atoms with Crippen molar-refractivity contribution in [2.75, 3.05) is 37.6 Å². The van der Waals surface area contributed by atoms with Crippen molar-refractivity contribution in [1.82, 2.24) is 4.90 Å². The molecule has 1 heterocycles. The summed E-state index contributed by atoms with van der Waals surface area (Å²) in [7, 11) is 0. The van der Waals surface area contributed by atoms with Crippen molar-refractivity contribution in [1.29, 1.82) is 5.26 Å². The first-order valence-electron chi connectivity index (χ1n) is 6.56. The van der Waals surface area contributed by atoms with Crippen molar-refractivity contribution >= 4 is 21.6 Å². The molecule has 0 radical (unpaired) electrons. The highest BCUT2D eigenvalue weighted by Crippen LogP contribution is 2.25. The van der Waals surface area contributed by atoms with Crippen molar-refractivity contribution in [2.45, 2.75) is 11.5 Å². The average molecular weight is 362 g/mol. The lowest BCUT2D eigenvalue weighted by atomic mass is 10.1. The molecule has 1 saturated heterocycles. The number of nitrogens with zero attached hydrogens (tertiary/aromatic N) is 3. The number of benzene rings is 1. The Morgan fingerprint density at radius 2 is 1.86 bits per heavy atom. The monoisotopic (exact) mass is 361 g/mol. The number of hydrogen-bond donors (Lipinski definition) is 0. The lowest BCUT2D eigenvalue weighted by molar-refractivity contribution is -0.146. The van der Waals surface area contributed by atoms with Crippen LogP contribution in [-0.2, 0) is 5.33 Å². The van der Waals surface area contributed by atoms with Gasteiger partial charge in [-0.3, -0.25) is 4.90 Å². The molecule has 0 N–H and O–H groups in total. The second-order valence-electron chi connectivity index (χ2n) is 4.98. The standard InChI is InChI=1S/C14H15BrF3N3/c15-8-11-1-2-13(12(7-11)9-19)21-5-3-20(4-6-21)10-14(16,17)18/h1-2,7H,3-6,8,10H2. The highest BCUT2D eigenvalue weighted by molar-refractivity contribution is 9.08. The summed E-state index contributed by atoms with van der Waals surface area (Å²) in [5, 5.41) is 9.89. The topological polar surface area (TPSA) is 30.3 Å². The molecule has 0 bridgehead atoms. The minimum Gasteiger partial charge on any atom is -0.368 e. The SMILES string of the molecule is N#Cc1cc(CBr)ccc1N1CCN(CC(F)(F)F)CC1. The number of hydrogen-bond acceptors (Lipinski definition) is 3. The molecule has 1 aliphatic heterocycles. The van der Waals surface area contributed by atoms with Gasteiger partial charge in [-0.2, -0.15) is 18.4 Å². The molecule has 3 nitrogen and oxygen atoms in total. The van der Waals surface area contributed by atoms with E-state index in [9.17, 15) is 18.4 Å². The van der Waals surface area contributed by atoms with Gasteiger partial charge in [0.05, 0.1) is 17.8 Å². The van der Waals surface area contributed by atoms with Gasteiger partial charge in [0.25, 0.3) is 0 Å². The molecule has 0 spiro atoms. The summed E-state index contributed by atoms with van der Waals surface area (Å²) in [6.07, 6.45) is -4.16. The van der Waals surface area contributed by atoms with E-state index in [1.165, 1.54) is 4.90 Å². The first-order chi connectivity index (χ1) is 9.93. The number of halogens is 4. The van der Waals surface area contributed by atoms with Crippen molar-refractivity contribution < 1.29 is 13.2 Å². The molecule has 0 unspecified atom stereocenters. The minimum atomic E-state index is -4.16. The van der Waals surface area contributed by atoms with Gasteiger partial charge in [-0.15, -0.1) is 0 Å². The van der Waals surface area contributed by atoms with E-state index in [2.05, 4.69) is 22.0 Å². The van der Waals surface area contributed by atoms with Gasteiger partial charge in [-0.05, 0) is 17.7 Å². The maximum Gasteiger partial charge on any atom is 0.401 e. The first-order valence-corrected chi connectivity index (χ1v) is 7.68. The lowest BCUT2D eigenvalue weighted by Gasteiger charge is -2.36. The summed E-state index contributed by atoms with van der Waals surface area (Å²) in [5.41, 5.74) is 2.37. The van der Waals surface area contributed by atoms with E-state index in [1.54, 1.807) is 0 Å². The molecule has 1 aromatic rings. The van der Waals surface area contributed by atoms with E-state index in [0.29, 0.717) is 37.1 Å². The van der Waals surface area contributed by atoms with Gasteiger partial charge >= 0.3 is 6.18 Å². The Labute approximate surface area is 130 Å². The van der Waals surface area contributed by atoms with Crippen LogP contribution in [0.3, 0.4) is 0 Å². The van der Waals surface area contributed by atoms with Crippen LogP contribution in [0.1, 0.15) is 11.1 Å². The van der Waals surface area contributed by atoms with Crippen LogP contribution in [0.15, 0.2) is 18.2 Å². The molecule has 0 atom stereocenters. The molecule has 0 saturated carbocycles. The normalized spacial score (nSPS) is 16.8. The van der Waals surface area contributed by atoms with E-state index < -0.39 is 12.7 Å². The summed E-state index contributed by atoms with van der Waals surface area (Å²) in [4.78, 5) is 3.37. The van der Waals surface area contributed by atoms with E-state index in [0.717, 1.165) is 11.3 Å². The second kappa shape index (κ2) is 6.67. The van der Waals surface area contributed by atoms with E-state index in [1.807, 2.05) is 23.1 Å². The Hall–Kier alpha value is -1.26. The highest BCUT2D eigenvalue weighted by Gasteiger charge is 2.32. The molecule has 1 aromatic carbocycles. The molecule has 1 aliphatic rings. The van der Waals surface area contributed by atoms with E-state index in [-0.39, 0.29) is 0 Å². The van der Waals surface area contributed by atoms with Gasteiger partial charge in [0, 0.05) is 31.5 Å². The largest absolute Gasteiger partial charge is 0.401 e. The van der Waals surface area contributed by atoms with E-state index in [4.69, 9.17) is 0 Å². The third kappa shape index (κ3) is 4.35. The molecule has 0 amide bonds.